The van der Waals surface area contributed by atoms with E-state index in [1.807, 2.05) is 0 Å². The standard InChI is InChI=1S/C62H45N/c1-3-19-43(20-4-1)59-50-25-9-13-29-54(50)61(55-30-14-10-26-51(55)59)45-34-38-47(39-35-45)63(58-33-17-23-42-18-7-8-24-49(42)58)48-40-36-46(37-41-48)62-56-31-15-11-27-52(56)60(44-21-5-2-6-22-44)53-28-12-16-32-57(53)62/h1,3-5,7-11,13-27,29-41H,2,6,12,28H2. The summed E-state index contributed by atoms with van der Waals surface area (Å²) in [4.78, 5) is 2.43. The van der Waals surface area contributed by atoms with Crippen molar-refractivity contribution in [2.24, 2.45) is 0 Å². The van der Waals surface area contributed by atoms with Crippen LogP contribution in [0.15, 0.2) is 218 Å². The van der Waals surface area contributed by atoms with E-state index in [0.717, 1.165) is 42.7 Å². The van der Waals surface area contributed by atoms with Gasteiger partial charge in [-0.25, -0.2) is 0 Å². The summed E-state index contributed by atoms with van der Waals surface area (Å²) in [7, 11) is 0. The second-order valence-corrected chi connectivity index (χ2v) is 16.9. The van der Waals surface area contributed by atoms with Crippen LogP contribution < -0.4 is 4.90 Å². The summed E-state index contributed by atoms with van der Waals surface area (Å²) in [5, 5.41) is 10.1. The van der Waals surface area contributed by atoms with Gasteiger partial charge in [0.05, 0.1) is 5.69 Å². The van der Waals surface area contributed by atoms with Gasteiger partial charge >= 0.3 is 0 Å². The Morgan fingerprint density at radius 3 is 1.40 bits per heavy atom. The Hall–Kier alpha value is -7.74. The third-order valence-corrected chi connectivity index (χ3v) is 13.3. The molecule has 10 aromatic rings. The third kappa shape index (κ3) is 6.31. The smallest absolute Gasteiger partial charge is 0.0540 e. The highest BCUT2D eigenvalue weighted by atomic mass is 15.1. The summed E-state index contributed by atoms with van der Waals surface area (Å²) in [6, 6.07) is 71.7. The van der Waals surface area contributed by atoms with Gasteiger partial charge in [-0.15, -0.1) is 0 Å². The second-order valence-electron chi connectivity index (χ2n) is 16.9. The van der Waals surface area contributed by atoms with Crippen molar-refractivity contribution < 1.29 is 0 Å². The van der Waals surface area contributed by atoms with Crippen molar-refractivity contribution in [1.82, 2.24) is 0 Å². The van der Waals surface area contributed by atoms with Gasteiger partial charge < -0.3 is 4.90 Å². The van der Waals surface area contributed by atoms with E-state index in [4.69, 9.17) is 0 Å². The van der Waals surface area contributed by atoms with E-state index in [0.29, 0.717) is 0 Å². The van der Waals surface area contributed by atoms with Crippen LogP contribution in [0.25, 0.3) is 88.1 Å². The Morgan fingerprint density at radius 2 is 0.810 bits per heavy atom. The maximum absolute atomic E-state index is 2.44. The van der Waals surface area contributed by atoms with Crippen LogP contribution in [0.1, 0.15) is 36.0 Å². The van der Waals surface area contributed by atoms with Crippen LogP contribution in [0.2, 0.25) is 0 Å². The van der Waals surface area contributed by atoms with Crippen LogP contribution in [0.3, 0.4) is 0 Å². The van der Waals surface area contributed by atoms with E-state index < -0.39 is 0 Å². The molecule has 2 aliphatic carbocycles. The van der Waals surface area contributed by atoms with Gasteiger partial charge in [0, 0.05) is 16.8 Å². The summed E-state index contributed by atoms with van der Waals surface area (Å²) in [6.07, 6.45) is 16.2. The lowest BCUT2D eigenvalue weighted by Gasteiger charge is -2.28. The summed E-state index contributed by atoms with van der Waals surface area (Å²) in [6.45, 7) is 0. The quantitative estimate of drug-likeness (QED) is 0.145. The molecule has 0 bridgehead atoms. The molecule has 0 aromatic heterocycles. The molecule has 0 saturated heterocycles. The maximum atomic E-state index is 2.44. The van der Waals surface area contributed by atoms with Crippen LogP contribution in [0.4, 0.5) is 17.1 Å². The number of allylic oxidation sites excluding steroid dienone is 5. The van der Waals surface area contributed by atoms with Gasteiger partial charge in [-0.05, 0) is 149 Å². The molecular weight excluding hydrogens is 759 g/mol. The number of fused-ring (bicyclic) bond motifs is 5. The van der Waals surface area contributed by atoms with Gasteiger partial charge in [0.25, 0.3) is 0 Å². The molecule has 0 N–H and O–H groups in total. The van der Waals surface area contributed by atoms with Crippen molar-refractivity contribution in [3.05, 3.63) is 235 Å². The minimum atomic E-state index is 1.05. The van der Waals surface area contributed by atoms with Crippen molar-refractivity contribution in [2.75, 3.05) is 4.90 Å². The molecule has 63 heavy (non-hydrogen) atoms. The predicted octanol–water partition coefficient (Wildman–Crippen LogP) is 17.5. The molecular formula is C62H45N. The zero-order chi connectivity index (χ0) is 41.7. The molecule has 0 radical (unpaired) electrons. The molecule has 0 aliphatic heterocycles. The lowest BCUT2D eigenvalue weighted by atomic mass is 9.79. The molecule has 0 spiro atoms. The van der Waals surface area contributed by atoms with Crippen LogP contribution in [0.5, 0.6) is 0 Å². The van der Waals surface area contributed by atoms with E-state index in [1.165, 1.54) is 98.7 Å². The molecule has 2 aliphatic rings. The number of nitrogens with zero attached hydrogens (tertiary/aromatic N) is 1. The average molecular weight is 804 g/mol. The number of rotatable bonds is 7. The topological polar surface area (TPSA) is 3.24 Å². The molecule has 1 heteroatoms. The summed E-state index contributed by atoms with van der Waals surface area (Å²) < 4.78 is 0. The van der Waals surface area contributed by atoms with Crippen molar-refractivity contribution in [3.63, 3.8) is 0 Å². The Labute approximate surface area is 369 Å². The maximum Gasteiger partial charge on any atom is 0.0540 e. The fraction of sp³-hybridized carbons (Fsp3) is 0.0645. The first kappa shape index (κ1) is 37.1. The predicted molar refractivity (Wildman–Crippen MR) is 271 cm³/mol. The van der Waals surface area contributed by atoms with Crippen LogP contribution in [-0.4, -0.2) is 0 Å². The minimum Gasteiger partial charge on any atom is -0.310 e. The van der Waals surface area contributed by atoms with E-state index >= 15 is 0 Å². The molecule has 0 fully saturated rings. The molecule has 0 unspecified atom stereocenters. The van der Waals surface area contributed by atoms with Crippen molar-refractivity contribution in [3.8, 4) is 33.4 Å². The fourth-order valence-corrected chi connectivity index (χ4v) is 10.6. The number of hydrogen-bond acceptors (Lipinski definition) is 1. The summed E-state index contributed by atoms with van der Waals surface area (Å²) in [5.74, 6) is 0. The fourth-order valence-electron chi connectivity index (χ4n) is 10.6. The number of benzene rings is 10. The van der Waals surface area contributed by atoms with Crippen molar-refractivity contribution in [1.29, 1.82) is 0 Å². The number of hydrogen-bond donors (Lipinski definition) is 0. The van der Waals surface area contributed by atoms with Gasteiger partial charge in [0.15, 0.2) is 0 Å². The van der Waals surface area contributed by atoms with Gasteiger partial charge in [0.1, 0.15) is 0 Å². The van der Waals surface area contributed by atoms with Gasteiger partial charge in [-0.3, -0.25) is 0 Å². The molecule has 0 heterocycles. The Morgan fingerprint density at radius 1 is 0.333 bits per heavy atom. The first-order valence-corrected chi connectivity index (χ1v) is 22.4. The SMILES string of the molecule is C1=CC(c2c3c(c(-c4ccc(N(c5ccc(-c6c7ccccc7c(-c7ccccc7)c7ccccc67)cc5)c5cccc6ccccc56)cc4)c4ccccc24)C=CCC3)=CCC1. The first-order valence-electron chi connectivity index (χ1n) is 22.4. The van der Waals surface area contributed by atoms with Crippen molar-refractivity contribution >= 4 is 71.8 Å². The molecule has 0 amide bonds. The zero-order valence-electron chi connectivity index (χ0n) is 35.1. The third-order valence-electron chi connectivity index (χ3n) is 13.3. The van der Waals surface area contributed by atoms with Crippen LogP contribution in [0, 0.1) is 0 Å². The van der Waals surface area contributed by atoms with Gasteiger partial charge in [-0.1, -0.05) is 194 Å². The molecule has 0 atom stereocenters. The molecule has 10 aromatic carbocycles. The highest BCUT2D eigenvalue weighted by Crippen LogP contribution is 2.47. The van der Waals surface area contributed by atoms with E-state index in [-0.39, 0.29) is 0 Å². The highest BCUT2D eigenvalue weighted by molar-refractivity contribution is 6.21. The van der Waals surface area contributed by atoms with Gasteiger partial charge in [0.2, 0.25) is 0 Å². The van der Waals surface area contributed by atoms with Crippen LogP contribution >= 0.6 is 0 Å². The van der Waals surface area contributed by atoms with Gasteiger partial charge in [-0.2, -0.15) is 0 Å². The molecule has 298 valence electrons. The van der Waals surface area contributed by atoms with Crippen molar-refractivity contribution in [2.45, 2.75) is 25.7 Å². The lowest BCUT2D eigenvalue weighted by Crippen LogP contribution is -2.10. The van der Waals surface area contributed by atoms with Crippen LogP contribution in [-0.2, 0) is 6.42 Å². The Kier molecular flexibility index (Phi) is 9.19. The summed E-state index contributed by atoms with van der Waals surface area (Å²) in [5.41, 5.74) is 16.6. The average Bonchev–Trinajstić information content (AvgIpc) is 3.36. The Bertz CT molecular complexity index is 3410. The number of anilines is 3. The zero-order valence-corrected chi connectivity index (χ0v) is 35.1. The van der Waals surface area contributed by atoms with E-state index in [2.05, 4.69) is 229 Å². The first-order chi connectivity index (χ1) is 31.3. The summed E-state index contributed by atoms with van der Waals surface area (Å²) >= 11 is 0. The highest BCUT2D eigenvalue weighted by Gasteiger charge is 2.24. The molecule has 0 saturated carbocycles. The minimum absolute atomic E-state index is 1.05. The van der Waals surface area contributed by atoms with E-state index in [1.54, 1.807) is 0 Å². The molecule has 1 nitrogen and oxygen atoms in total. The van der Waals surface area contributed by atoms with E-state index in [9.17, 15) is 0 Å². The second kappa shape index (κ2) is 15.6. The lowest BCUT2D eigenvalue weighted by molar-refractivity contribution is 0.982. The normalized spacial score (nSPS) is 13.4. The monoisotopic (exact) mass is 803 g/mol. The molecule has 12 rings (SSSR count). The largest absolute Gasteiger partial charge is 0.310 e. The Balaban J connectivity index is 1.01.